The van der Waals surface area contributed by atoms with Crippen molar-refractivity contribution in [1.29, 1.82) is 0 Å². The van der Waals surface area contributed by atoms with E-state index in [0.717, 1.165) is 0 Å². The van der Waals surface area contributed by atoms with Crippen molar-refractivity contribution in [2.75, 3.05) is 23.9 Å². The van der Waals surface area contributed by atoms with Gasteiger partial charge in [0.2, 0.25) is 0 Å². The van der Waals surface area contributed by atoms with Gasteiger partial charge in [-0.1, -0.05) is 24.0 Å². The molecule has 2 aromatic rings. The fraction of sp³-hybridized carbons (Fsp3) is 0.238. The van der Waals surface area contributed by atoms with Gasteiger partial charge >= 0.3 is 12.0 Å². The van der Waals surface area contributed by atoms with Crippen LogP contribution in [0.15, 0.2) is 48.5 Å². The molecule has 0 radical (unpaired) electrons. The summed E-state index contributed by atoms with van der Waals surface area (Å²) in [4.78, 5) is 23.7. The Bertz CT molecular complexity index is 1100. The number of amides is 2. The monoisotopic (exact) mass is 412 g/mol. The Labute approximate surface area is 169 Å². The van der Waals surface area contributed by atoms with Crippen molar-refractivity contribution in [3.63, 3.8) is 0 Å². The zero-order chi connectivity index (χ0) is 20.9. The zero-order valence-electron chi connectivity index (χ0n) is 15.8. The summed E-state index contributed by atoms with van der Waals surface area (Å²) in [6.07, 6.45) is 0.423. The Morgan fingerprint density at radius 3 is 2.41 bits per heavy atom. The first kappa shape index (κ1) is 20.4. The minimum absolute atomic E-state index is 0.0312. The van der Waals surface area contributed by atoms with Crippen molar-refractivity contribution in [3.8, 4) is 11.8 Å². The number of carbonyl (C=O) groups is 2. The van der Waals surface area contributed by atoms with Crippen LogP contribution in [0.5, 0.6) is 0 Å². The molecule has 150 valence electrons. The molecule has 8 heteroatoms. The number of carbonyl (C=O) groups excluding carboxylic acids is 2. The van der Waals surface area contributed by atoms with E-state index in [2.05, 4.69) is 22.5 Å². The van der Waals surface area contributed by atoms with Crippen molar-refractivity contribution < 1.29 is 22.7 Å². The predicted octanol–water partition coefficient (Wildman–Crippen LogP) is 2.18. The second-order valence-corrected chi connectivity index (χ2v) is 8.83. The van der Waals surface area contributed by atoms with E-state index in [-0.39, 0.29) is 17.5 Å². The smallest absolute Gasteiger partial charge is 0.337 e. The summed E-state index contributed by atoms with van der Waals surface area (Å²) >= 11 is 0. The lowest BCUT2D eigenvalue weighted by Gasteiger charge is -2.12. The Morgan fingerprint density at radius 2 is 1.76 bits per heavy atom. The molecule has 0 aromatic heterocycles. The summed E-state index contributed by atoms with van der Waals surface area (Å²) in [5.74, 6) is 5.60. The number of ether oxygens (including phenoxy) is 1. The van der Waals surface area contributed by atoms with E-state index in [1.165, 1.54) is 7.11 Å². The summed E-state index contributed by atoms with van der Waals surface area (Å²) < 4.78 is 27.7. The van der Waals surface area contributed by atoms with Crippen LogP contribution in [0.2, 0.25) is 0 Å². The van der Waals surface area contributed by atoms with Crippen LogP contribution >= 0.6 is 0 Å². The molecule has 1 heterocycles. The summed E-state index contributed by atoms with van der Waals surface area (Å²) in [7, 11) is -1.73. The summed E-state index contributed by atoms with van der Waals surface area (Å²) in [5, 5.41) is 5.37. The molecule has 0 spiro atoms. The van der Waals surface area contributed by atoms with Gasteiger partial charge in [-0.2, -0.15) is 0 Å². The fourth-order valence-corrected chi connectivity index (χ4v) is 4.60. The van der Waals surface area contributed by atoms with Gasteiger partial charge in [-0.05, 0) is 42.8 Å². The molecule has 0 unspecified atom stereocenters. The highest BCUT2D eigenvalue weighted by Gasteiger charge is 2.28. The van der Waals surface area contributed by atoms with E-state index in [4.69, 9.17) is 4.74 Å². The minimum atomic E-state index is -3.05. The van der Waals surface area contributed by atoms with E-state index in [9.17, 15) is 18.0 Å². The van der Waals surface area contributed by atoms with E-state index in [1.807, 2.05) is 0 Å². The Kier molecular flexibility index (Phi) is 6.20. The quantitative estimate of drug-likeness (QED) is 0.594. The van der Waals surface area contributed by atoms with Crippen LogP contribution in [0.1, 0.15) is 27.9 Å². The number of sulfone groups is 1. The molecule has 0 bridgehead atoms. The van der Waals surface area contributed by atoms with Crippen molar-refractivity contribution >= 4 is 27.5 Å². The molecule has 2 amide bonds. The number of benzene rings is 2. The average Bonchev–Trinajstić information content (AvgIpc) is 3.04. The second kappa shape index (κ2) is 8.80. The minimum Gasteiger partial charge on any atom is -0.465 e. The summed E-state index contributed by atoms with van der Waals surface area (Å²) in [6, 6.07) is 12.9. The maximum Gasteiger partial charge on any atom is 0.337 e. The second-order valence-electron chi connectivity index (χ2n) is 6.60. The van der Waals surface area contributed by atoms with Crippen molar-refractivity contribution in [2.45, 2.75) is 12.5 Å². The van der Waals surface area contributed by atoms with Crippen molar-refractivity contribution in [3.05, 3.63) is 65.2 Å². The van der Waals surface area contributed by atoms with E-state index in [1.54, 1.807) is 48.5 Å². The molecule has 7 nitrogen and oxygen atoms in total. The largest absolute Gasteiger partial charge is 0.465 e. The van der Waals surface area contributed by atoms with Gasteiger partial charge in [0.05, 0.1) is 24.2 Å². The highest BCUT2D eigenvalue weighted by atomic mass is 32.2. The number of anilines is 1. The molecule has 3 rings (SSSR count). The first-order valence-corrected chi connectivity index (χ1v) is 10.8. The van der Waals surface area contributed by atoms with E-state index in [0.29, 0.717) is 28.8 Å². The Hall–Kier alpha value is -3.31. The third-order valence-electron chi connectivity index (χ3n) is 4.32. The Morgan fingerprint density at radius 1 is 1.07 bits per heavy atom. The number of nitrogens with one attached hydrogen (secondary N) is 2. The molecule has 2 aromatic carbocycles. The molecule has 29 heavy (non-hydrogen) atoms. The molecule has 1 aliphatic heterocycles. The van der Waals surface area contributed by atoms with Gasteiger partial charge in [0.1, 0.15) is 0 Å². The summed E-state index contributed by atoms with van der Waals surface area (Å²) in [6.45, 7) is 0. The maximum atomic E-state index is 12.1. The van der Waals surface area contributed by atoms with E-state index < -0.39 is 21.8 Å². The van der Waals surface area contributed by atoms with Crippen molar-refractivity contribution in [2.24, 2.45) is 0 Å². The number of methoxy groups -OCH3 is 1. The molecule has 1 atom stereocenters. The molecule has 0 saturated carbocycles. The Balaban J connectivity index is 1.65. The van der Waals surface area contributed by atoms with Gasteiger partial charge in [-0.3, -0.25) is 0 Å². The maximum absolute atomic E-state index is 12.1. The van der Waals surface area contributed by atoms with Gasteiger partial charge < -0.3 is 15.4 Å². The fourth-order valence-electron chi connectivity index (χ4n) is 2.92. The van der Waals surface area contributed by atoms with Crippen LogP contribution in [-0.2, 0) is 14.6 Å². The van der Waals surface area contributed by atoms with Gasteiger partial charge in [0, 0.05) is 22.9 Å². The predicted molar refractivity (Wildman–Crippen MR) is 109 cm³/mol. The van der Waals surface area contributed by atoms with Crippen LogP contribution in [0.4, 0.5) is 10.5 Å². The van der Waals surface area contributed by atoms with Crippen LogP contribution in [0.25, 0.3) is 0 Å². The van der Waals surface area contributed by atoms with Gasteiger partial charge in [0.15, 0.2) is 9.84 Å². The molecule has 2 N–H and O–H groups in total. The molecule has 1 saturated heterocycles. The van der Waals surface area contributed by atoms with E-state index >= 15 is 0 Å². The lowest BCUT2D eigenvalue weighted by molar-refractivity contribution is 0.0600. The lowest BCUT2D eigenvalue weighted by atomic mass is 10.1. The normalized spacial score (nSPS) is 16.9. The molecular formula is C21H20N2O5S. The SMILES string of the molecule is COC(=O)c1cccc(C#Cc2cccc(NC(=O)N[C@@H]3CCS(=O)(=O)C3)c2)c1. The number of hydrogen-bond donors (Lipinski definition) is 2. The number of hydrogen-bond acceptors (Lipinski definition) is 5. The van der Waals surface area contributed by atoms with Crippen LogP contribution in [0.3, 0.4) is 0 Å². The highest BCUT2D eigenvalue weighted by molar-refractivity contribution is 7.91. The third-order valence-corrected chi connectivity index (χ3v) is 6.09. The molecular weight excluding hydrogens is 392 g/mol. The van der Waals surface area contributed by atoms with Gasteiger partial charge in [0.25, 0.3) is 0 Å². The molecule has 0 aliphatic carbocycles. The third kappa shape index (κ3) is 5.83. The van der Waals surface area contributed by atoms with Crippen LogP contribution in [-0.4, -0.2) is 45.1 Å². The topological polar surface area (TPSA) is 102 Å². The standard InChI is InChI=1S/C21H20N2O5S/c1-28-20(24)17-6-2-4-15(12-17)8-9-16-5-3-7-18(13-16)22-21(25)23-19-10-11-29(26,27)14-19/h2-7,12-13,19H,10-11,14H2,1H3,(H2,22,23,25)/t19-/m1/s1. The lowest BCUT2D eigenvalue weighted by Crippen LogP contribution is -2.38. The van der Waals surface area contributed by atoms with Crippen LogP contribution < -0.4 is 10.6 Å². The van der Waals surface area contributed by atoms with Crippen LogP contribution in [0, 0.1) is 11.8 Å². The molecule has 1 aliphatic rings. The molecule has 1 fully saturated rings. The number of urea groups is 1. The first-order chi connectivity index (χ1) is 13.8. The van der Waals surface area contributed by atoms with Gasteiger partial charge in [-0.25, -0.2) is 18.0 Å². The summed E-state index contributed by atoms with van der Waals surface area (Å²) in [5.41, 5.74) is 2.29. The first-order valence-electron chi connectivity index (χ1n) is 8.93. The zero-order valence-corrected chi connectivity index (χ0v) is 16.6. The highest BCUT2D eigenvalue weighted by Crippen LogP contribution is 2.13. The average molecular weight is 412 g/mol. The number of rotatable bonds is 3. The number of esters is 1. The van der Waals surface area contributed by atoms with Crippen molar-refractivity contribution in [1.82, 2.24) is 5.32 Å². The van der Waals surface area contributed by atoms with Gasteiger partial charge in [-0.15, -0.1) is 0 Å².